The molecule has 2 heteroatoms. The topological polar surface area (TPSA) is 21.3 Å². The first kappa shape index (κ1) is 13.9. The first-order chi connectivity index (χ1) is 9.80. The van der Waals surface area contributed by atoms with Gasteiger partial charge in [0.25, 0.3) is 0 Å². The molecule has 20 heavy (non-hydrogen) atoms. The average Bonchev–Trinajstić information content (AvgIpc) is 2.47. The van der Waals surface area contributed by atoms with Crippen molar-refractivity contribution < 1.29 is 4.74 Å². The minimum Gasteiger partial charge on any atom is -0.497 e. The Kier molecular flexibility index (Phi) is 4.02. The van der Waals surface area contributed by atoms with E-state index in [-0.39, 0.29) is 0 Å². The highest BCUT2D eigenvalue weighted by Gasteiger charge is 2.51. The van der Waals surface area contributed by atoms with E-state index < -0.39 is 0 Å². The molecule has 110 valence electrons. The van der Waals surface area contributed by atoms with Crippen molar-refractivity contribution in [3.8, 4) is 5.75 Å². The Morgan fingerprint density at radius 3 is 2.85 bits per heavy atom. The Hall–Kier alpha value is -1.02. The van der Waals surface area contributed by atoms with Gasteiger partial charge in [0.2, 0.25) is 0 Å². The molecule has 1 saturated carbocycles. The maximum absolute atomic E-state index is 5.38. The molecule has 4 unspecified atom stereocenters. The Labute approximate surface area is 122 Å². The van der Waals surface area contributed by atoms with Crippen LogP contribution in [0.4, 0.5) is 0 Å². The van der Waals surface area contributed by atoms with Crippen molar-refractivity contribution in [3.05, 3.63) is 29.3 Å². The number of hydrogen-bond acceptors (Lipinski definition) is 2. The number of fused-ring (bicyclic) bond motifs is 3. The van der Waals surface area contributed by atoms with E-state index >= 15 is 0 Å². The lowest BCUT2D eigenvalue weighted by Crippen LogP contribution is -2.58. The summed E-state index contributed by atoms with van der Waals surface area (Å²) in [6.45, 7) is 5.77. The summed E-state index contributed by atoms with van der Waals surface area (Å²) < 4.78 is 5.38. The van der Waals surface area contributed by atoms with E-state index in [2.05, 4.69) is 37.4 Å². The monoisotopic (exact) mass is 273 g/mol. The van der Waals surface area contributed by atoms with Crippen LogP contribution >= 0.6 is 0 Å². The second-order valence-corrected chi connectivity index (χ2v) is 6.35. The van der Waals surface area contributed by atoms with Crippen molar-refractivity contribution in [1.29, 1.82) is 0 Å². The maximum Gasteiger partial charge on any atom is 0.119 e. The first-order valence-electron chi connectivity index (χ1n) is 8.20. The fourth-order valence-electron chi connectivity index (χ4n) is 4.45. The molecule has 0 amide bonds. The number of nitrogens with one attached hydrogen (secondary N) is 1. The van der Waals surface area contributed by atoms with Crippen LogP contribution in [0.25, 0.3) is 0 Å². The van der Waals surface area contributed by atoms with E-state index in [0.29, 0.717) is 0 Å². The highest BCUT2D eigenvalue weighted by Crippen LogP contribution is 2.55. The number of benzene rings is 1. The molecular weight excluding hydrogens is 246 g/mol. The van der Waals surface area contributed by atoms with Crippen molar-refractivity contribution in [2.24, 2.45) is 11.8 Å². The Bertz CT molecular complexity index is 470. The molecular formula is C18H27NO. The standard InChI is InChI=1S/C18H27NO/c1-4-10-19-18-14(5-2)17-15-9-7-13(20-3)11-12(15)6-8-16(17)18/h7,9,11,14,16-19H,4-6,8,10H2,1-3H3. The van der Waals surface area contributed by atoms with Gasteiger partial charge in [-0.15, -0.1) is 0 Å². The van der Waals surface area contributed by atoms with Crippen LogP contribution in [0.2, 0.25) is 0 Å². The fraction of sp³-hybridized carbons (Fsp3) is 0.667. The van der Waals surface area contributed by atoms with Crippen molar-refractivity contribution >= 4 is 0 Å². The molecule has 2 aliphatic rings. The molecule has 4 atom stereocenters. The molecule has 0 aromatic heterocycles. The third-order valence-corrected chi connectivity index (χ3v) is 5.40. The minimum absolute atomic E-state index is 0.750. The second-order valence-electron chi connectivity index (χ2n) is 6.35. The lowest BCUT2D eigenvalue weighted by Gasteiger charge is -2.55. The Morgan fingerprint density at radius 2 is 2.15 bits per heavy atom. The van der Waals surface area contributed by atoms with Crippen LogP contribution in [-0.2, 0) is 6.42 Å². The van der Waals surface area contributed by atoms with Gasteiger partial charge in [0.05, 0.1) is 7.11 Å². The molecule has 2 nitrogen and oxygen atoms in total. The lowest BCUT2D eigenvalue weighted by atomic mass is 9.53. The van der Waals surface area contributed by atoms with E-state index in [1.165, 1.54) is 37.8 Å². The average molecular weight is 273 g/mol. The molecule has 1 N–H and O–H groups in total. The first-order valence-corrected chi connectivity index (χ1v) is 8.20. The summed E-state index contributed by atoms with van der Waals surface area (Å²) in [5.74, 6) is 3.46. The number of hydrogen-bond donors (Lipinski definition) is 1. The van der Waals surface area contributed by atoms with Gasteiger partial charge in [-0.2, -0.15) is 0 Å². The maximum atomic E-state index is 5.38. The third-order valence-electron chi connectivity index (χ3n) is 5.40. The molecule has 3 rings (SSSR count). The quantitative estimate of drug-likeness (QED) is 0.882. The highest BCUT2D eigenvalue weighted by atomic mass is 16.5. The van der Waals surface area contributed by atoms with Crippen molar-refractivity contribution in [1.82, 2.24) is 5.32 Å². The smallest absolute Gasteiger partial charge is 0.119 e. The molecule has 1 aromatic carbocycles. The van der Waals surface area contributed by atoms with Gasteiger partial charge in [-0.1, -0.05) is 26.3 Å². The molecule has 1 aromatic rings. The predicted octanol–water partition coefficient (Wildman–Crippen LogP) is 3.75. The number of rotatable bonds is 5. The van der Waals surface area contributed by atoms with Crippen LogP contribution in [0.1, 0.15) is 50.2 Å². The van der Waals surface area contributed by atoms with E-state index in [0.717, 1.165) is 29.5 Å². The zero-order chi connectivity index (χ0) is 14.1. The Balaban J connectivity index is 1.82. The molecule has 0 heterocycles. The van der Waals surface area contributed by atoms with Crippen molar-refractivity contribution in [2.45, 2.75) is 51.5 Å². The third kappa shape index (κ3) is 2.14. The van der Waals surface area contributed by atoms with Gasteiger partial charge < -0.3 is 10.1 Å². The van der Waals surface area contributed by atoms with Gasteiger partial charge in [0.1, 0.15) is 5.75 Å². The molecule has 1 fully saturated rings. The number of ether oxygens (including phenoxy) is 1. The number of methoxy groups -OCH3 is 1. The highest BCUT2D eigenvalue weighted by molar-refractivity contribution is 5.42. The summed E-state index contributed by atoms with van der Waals surface area (Å²) in [5, 5.41) is 3.80. The van der Waals surface area contributed by atoms with Gasteiger partial charge >= 0.3 is 0 Å². The summed E-state index contributed by atoms with van der Waals surface area (Å²) in [4.78, 5) is 0. The molecule has 0 aliphatic heterocycles. The largest absolute Gasteiger partial charge is 0.497 e. The molecule has 0 radical (unpaired) electrons. The summed E-state index contributed by atoms with van der Waals surface area (Å²) in [5.41, 5.74) is 3.13. The van der Waals surface area contributed by atoms with Gasteiger partial charge in [0, 0.05) is 6.04 Å². The lowest BCUT2D eigenvalue weighted by molar-refractivity contribution is 0.0504. The van der Waals surface area contributed by atoms with Gasteiger partial charge in [0.15, 0.2) is 0 Å². The van der Waals surface area contributed by atoms with E-state index in [1.807, 2.05) is 0 Å². The van der Waals surface area contributed by atoms with Crippen LogP contribution in [0.5, 0.6) is 5.75 Å². The van der Waals surface area contributed by atoms with Gasteiger partial charge in [-0.05, 0) is 66.8 Å². The molecule has 0 spiro atoms. The van der Waals surface area contributed by atoms with E-state index in [9.17, 15) is 0 Å². The van der Waals surface area contributed by atoms with Crippen LogP contribution in [-0.4, -0.2) is 19.7 Å². The van der Waals surface area contributed by atoms with Crippen LogP contribution in [0.15, 0.2) is 18.2 Å². The fourth-order valence-corrected chi connectivity index (χ4v) is 4.45. The molecule has 0 saturated heterocycles. The second kappa shape index (κ2) is 5.77. The minimum atomic E-state index is 0.750. The summed E-state index contributed by atoms with van der Waals surface area (Å²) in [6.07, 6.45) is 5.07. The summed E-state index contributed by atoms with van der Waals surface area (Å²) in [7, 11) is 1.76. The van der Waals surface area contributed by atoms with Crippen LogP contribution in [0, 0.1) is 11.8 Å². The van der Waals surface area contributed by atoms with E-state index in [4.69, 9.17) is 4.74 Å². The summed E-state index contributed by atoms with van der Waals surface area (Å²) in [6, 6.07) is 7.47. The normalized spacial score (nSPS) is 31.1. The Morgan fingerprint density at radius 1 is 1.30 bits per heavy atom. The van der Waals surface area contributed by atoms with Crippen molar-refractivity contribution in [3.63, 3.8) is 0 Å². The zero-order valence-corrected chi connectivity index (χ0v) is 13.0. The van der Waals surface area contributed by atoms with Crippen LogP contribution in [0.3, 0.4) is 0 Å². The van der Waals surface area contributed by atoms with Crippen LogP contribution < -0.4 is 10.1 Å². The number of aryl methyl sites for hydroxylation is 1. The van der Waals surface area contributed by atoms with E-state index in [1.54, 1.807) is 12.7 Å². The SMILES string of the molecule is CCCNC1C(CC)C2c3ccc(OC)cc3CCC12. The van der Waals surface area contributed by atoms with Crippen molar-refractivity contribution in [2.75, 3.05) is 13.7 Å². The van der Waals surface area contributed by atoms with Gasteiger partial charge in [-0.3, -0.25) is 0 Å². The van der Waals surface area contributed by atoms with Gasteiger partial charge in [-0.25, -0.2) is 0 Å². The zero-order valence-electron chi connectivity index (χ0n) is 13.0. The predicted molar refractivity (Wildman–Crippen MR) is 83.4 cm³/mol. The summed E-state index contributed by atoms with van der Waals surface area (Å²) >= 11 is 0. The molecule has 2 aliphatic carbocycles. The molecule has 0 bridgehead atoms.